The lowest BCUT2D eigenvalue weighted by Crippen LogP contribution is -2.40. The van der Waals surface area contributed by atoms with E-state index in [9.17, 15) is 4.79 Å². The Kier molecular flexibility index (Phi) is 5.83. The van der Waals surface area contributed by atoms with Crippen LogP contribution in [-0.2, 0) is 9.53 Å². The number of hydrogen-bond acceptors (Lipinski definition) is 3. The standard InChI is InChI=1S/C11H24N2O2/c1-9(6-7-12)13(5)10(14)8-15-11(2,3)4/h9H,6-8,12H2,1-5H3. The van der Waals surface area contributed by atoms with Crippen molar-refractivity contribution < 1.29 is 9.53 Å². The molecule has 2 N–H and O–H groups in total. The average Bonchev–Trinajstić information content (AvgIpc) is 2.12. The summed E-state index contributed by atoms with van der Waals surface area (Å²) >= 11 is 0. The highest BCUT2D eigenvalue weighted by Crippen LogP contribution is 2.08. The van der Waals surface area contributed by atoms with Crippen LogP contribution < -0.4 is 5.73 Å². The van der Waals surface area contributed by atoms with Crippen molar-refractivity contribution in [2.75, 3.05) is 20.2 Å². The van der Waals surface area contributed by atoms with Crippen LogP contribution in [0.2, 0.25) is 0 Å². The molecule has 0 fully saturated rings. The molecule has 0 rings (SSSR count). The number of nitrogens with two attached hydrogens (primary N) is 1. The van der Waals surface area contributed by atoms with E-state index in [1.165, 1.54) is 0 Å². The lowest BCUT2D eigenvalue weighted by molar-refractivity contribution is -0.141. The number of rotatable bonds is 5. The zero-order valence-electron chi connectivity index (χ0n) is 10.5. The number of nitrogens with zero attached hydrogens (tertiary/aromatic N) is 1. The maximum atomic E-state index is 11.7. The van der Waals surface area contributed by atoms with Crippen LogP contribution in [0.15, 0.2) is 0 Å². The molecule has 0 aromatic carbocycles. The Morgan fingerprint density at radius 2 is 2.00 bits per heavy atom. The molecule has 0 aromatic heterocycles. The zero-order chi connectivity index (χ0) is 12.1. The van der Waals surface area contributed by atoms with Gasteiger partial charge in [0, 0.05) is 13.1 Å². The second-order valence-electron chi connectivity index (χ2n) is 4.83. The van der Waals surface area contributed by atoms with Gasteiger partial charge in [0.25, 0.3) is 0 Å². The molecule has 0 aliphatic heterocycles. The first-order chi connectivity index (χ1) is 6.78. The van der Waals surface area contributed by atoms with Crippen molar-refractivity contribution in [3.63, 3.8) is 0 Å². The Labute approximate surface area is 92.8 Å². The summed E-state index contributed by atoms with van der Waals surface area (Å²) in [5, 5.41) is 0. The Morgan fingerprint density at radius 1 is 1.47 bits per heavy atom. The minimum atomic E-state index is -0.270. The molecule has 0 spiro atoms. The maximum absolute atomic E-state index is 11.7. The van der Waals surface area contributed by atoms with Gasteiger partial charge in [0.05, 0.1) is 5.60 Å². The van der Waals surface area contributed by atoms with Gasteiger partial charge in [-0.1, -0.05) is 0 Å². The first-order valence-corrected chi connectivity index (χ1v) is 5.37. The molecule has 15 heavy (non-hydrogen) atoms. The molecule has 1 amide bonds. The predicted octanol–water partition coefficient (Wildman–Crippen LogP) is 0.997. The first kappa shape index (κ1) is 14.4. The molecule has 1 unspecified atom stereocenters. The Morgan fingerprint density at radius 3 is 2.40 bits per heavy atom. The highest BCUT2D eigenvalue weighted by Gasteiger charge is 2.18. The van der Waals surface area contributed by atoms with Crippen molar-refractivity contribution in [1.29, 1.82) is 0 Å². The highest BCUT2D eigenvalue weighted by molar-refractivity contribution is 5.77. The van der Waals surface area contributed by atoms with E-state index in [0.717, 1.165) is 6.42 Å². The number of carbonyl (C=O) groups is 1. The van der Waals surface area contributed by atoms with Crippen molar-refractivity contribution in [3.05, 3.63) is 0 Å². The van der Waals surface area contributed by atoms with Crippen LogP contribution in [0.5, 0.6) is 0 Å². The highest BCUT2D eigenvalue weighted by atomic mass is 16.5. The fourth-order valence-electron chi connectivity index (χ4n) is 1.06. The summed E-state index contributed by atoms with van der Waals surface area (Å²) in [5.41, 5.74) is 5.17. The fraction of sp³-hybridized carbons (Fsp3) is 0.909. The summed E-state index contributed by atoms with van der Waals surface area (Å²) in [5.74, 6) is 0.00544. The molecule has 90 valence electrons. The molecule has 4 nitrogen and oxygen atoms in total. The number of amides is 1. The van der Waals surface area contributed by atoms with Crippen molar-refractivity contribution >= 4 is 5.91 Å². The van der Waals surface area contributed by atoms with Gasteiger partial charge < -0.3 is 15.4 Å². The molecule has 0 heterocycles. The van der Waals surface area contributed by atoms with E-state index in [1.54, 1.807) is 11.9 Å². The summed E-state index contributed by atoms with van der Waals surface area (Å²) in [6, 6.07) is 0.172. The van der Waals surface area contributed by atoms with Crippen LogP contribution in [0.4, 0.5) is 0 Å². The third kappa shape index (κ3) is 6.47. The van der Waals surface area contributed by atoms with E-state index in [-0.39, 0.29) is 24.2 Å². The van der Waals surface area contributed by atoms with Gasteiger partial charge in [-0.15, -0.1) is 0 Å². The number of likely N-dealkylation sites (N-methyl/N-ethyl adjacent to an activating group) is 1. The SMILES string of the molecule is CC(CCN)N(C)C(=O)COC(C)(C)C. The zero-order valence-corrected chi connectivity index (χ0v) is 10.5. The summed E-state index contributed by atoms with van der Waals surface area (Å²) in [6.45, 7) is 8.52. The van der Waals surface area contributed by atoms with Gasteiger partial charge in [-0.2, -0.15) is 0 Å². The monoisotopic (exact) mass is 216 g/mol. The molecule has 0 aliphatic carbocycles. The third-order valence-corrected chi connectivity index (χ3v) is 2.27. The normalized spacial score (nSPS) is 13.7. The van der Waals surface area contributed by atoms with Gasteiger partial charge in [0.1, 0.15) is 6.61 Å². The topological polar surface area (TPSA) is 55.6 Å². The van der Waals surface area contributed by atoms with Gasteiger partial charge in [0.15, 0.2) is 0 Å². The van der Waals surface area contributed by atoms with Crippen LogP contribution in [0.1, 0.15) is 34.1 Å². The summed E-state index contributed by atoms with van der Waals surface area (Å²) in [7, 11) is 1.79. The number of ether oxygens (including phenoxy) is 1. The Hall–Kier alpha value is -0.610. The molecule has 0 saturated heterocycles. The van der Waals surface area contributed by atoms with Crippen LogP contribution >= 0.6 is 0 Å². The van der Waals surface area contributed by atoms with E-state index in [4.69, 9.17) is 10.5 Å². The fourth-order valence-corrected chi connectivity index (χ4v) is 1.06. The van der Waals surface area contributed by atoms with E-state index in [1.807, 2.05) is 27.7 Å². The third-order valence-electron chi connectivity index (χ3n) is 2.27. The average molecular weight is 216 g/mol. The number of carbonyl (C=O) groups excluding carboxylic acids is 1. The minimum Gasteiger partial charge on any atom is -0.366 e. The van der Waals surface area contributed by atoms with E-state index in [2.05, 4.69) is 0 Å². The Balaban J connectivity index is 3.99. The van der Waals surface area contributed by atoms with E-state index < -0.39 is 0 Å². The lowest BCUT2D eigenvalue weighted by atomic mass is 10.2. The molecule has 0 saturated carbocycles. The van der Waals surface area contributed by atoms with Crippen LogP contribution in [-0.4, -0.2) is 42.6 Å². The van der Waals surface area contributed by atoms with Crippen LogP contribution in [0.25, 0.3) is 0 Å². The second-order valence-corrected chi connectivity index (χ2v) is 4.83. The van der Waals surface area contributed by atoms with Gasteiger partial charge in [-0.3, -0.25) is 4.79 Å². The molecule has 0 aliphatic rings. The van der Waals surface area contributed by atoms with Gasteiger partial charge in [-0.25, -0.2) is 0 Å². The van der Waals surface area contributed by atoms with Crippen LogP contribution in [0.3, 0.4) is 0 Å². The minimum absolute atomic E-state index is 0.00544. The molecule has 0 radical (unpaired) electrons. The molecule has 4 heteroatoms. The van der Waals surface area contributed by atoms with E-state index in [0.29, 0.717) is 6.54 Å². The molecule has 0 aromatic rings. The summed E-state index contributed by atoms with van der Waals surface area (Å²) < 4.78 is 5.42. The second kappa shape index (κ2) is 6.08. The van der Waals surface area contributed by atoms with Crippen molar-refractivity contribution in [3.8, 4) is 0 Å². The molecule has 0 bridgehead atoms. The molecular weight excluding hydrogens is 192 g/mol. The van der Waals surface area contributed by atoms with Gasteiger partial charge >= 0.3 is 0 Å². The predicted molar refractivity (Wildman–Crippen MR) is 61.6 cm³/mol. The van der Waals surface area contributed by atoms with Gasteiger partial charge in [-0.05, 0) is 40.7 Å². The molecule has 1 atom stereocenters. The van der Waals surface area contributed by atoms with Crippen molar-refractivity contribution in [1.82, 2.24) is 4.90 Å². The van der Waals surface area contributed by atoms with Crippen molar-refractivity contribution in [2.24, 2.45) is 5.73 Å². The summed E-state index contributed by atoms with van der Waals surface area (Å²) in [6.07, 6.45) is 0.817. The smallest absolute Gasteiger partial charge is 0.248 e. The summed E-state index contributed by atoms with van der Waals surface area (Å²) in [4.78, 5) is 13.4. The first-order valence-electron chi connectivity index (χ1n) is 5.37. The molecular formula is C11H24N2O2. The van der Waals surface area contributed by atoms with Gasteiger partial charge in [0.2, 0.25) is 5.91 Å². The Bertz CT molecular complexity index is 199. The lowest BCUT2D eigenvalue weighted by Gasteiger charge is -2.26. The van der Waals surface area contributed by atoms with E-state index >= 15 is 0 Å². The van der Waals surface area contributed by atoms with Crippen LogP contribution in [0, 0.1) is 0 Å². The van der Waals surface area contributed by atoms with Crippen molar-refractivity contribution in [2.45, 2.75) is 45.8 Å². The number of hydrogen-bond donors (Lipinski definition) is 1. The quantitative estimate of drug-likeness (QED) is 0.746. The largest absolute Gasteiger partial charge is 0.366 e. The maximum Gasteiger partial charge on any atom is 0.248 e.